The summed E-state index contributed by atoms with van der Waals surface area (Å²) in [6, 6.07) is 1.57. The van der Waals surface area contributed by atoms with Gasteiger partial charge in [-0.2, -0.15) is 5.10 Å². The number of aromatic nitrogens is 2. The number of fused-ring (bicyclic) bond motifs is 1. The molecule has 21 heavy (non-hydrogen) atoms. The SMILES string of the molecule is COC(=O)c1c(NC(=O)c2ccn[nH]2)sc2c1CCNC2. The van der Waals surface area contributed by atoms with E-state index in [2.05, 4.69) is 20.8 Å². The highest BCUT2D eigenvalue weighted by Crippen LogP contribution is 2.36. The number of nitrogens with one attached hydrogen (secondary N) is 3. The van der Waals surface area contributed by atoms with Crippen molar-refractivity contribution < 1.29 is 14.3 Å². The number of hydrogen-bond donors (Lipinski definition) is 3. The predicted molar refractivity (Wildman–Crippen MR) is 77.6 cm³/mol. The van der Waals surface area contributed by atoms with Gasteiger partial charge in [0.2, 0.25) is 0 Å². The van der Waals surface area contributed by atoms with Crippen LogP contribution in [0.5, 0.6) is 0 Å². The van der Waals surface area contributed by atoms with Crippen molar-refractivity contribution in [3.63, 3.8) is 0 Å². The predicted octanol–water partition coefficient (Wildman–Crippen LogP) is 1.16. The maximum absolute atomic E-state index is 12.1. The molecule has 0 spiro atoms. The second-order valence-electron chi connectivity index (χ2n) is 4.55. The van der Waals surface area contributed by atoms with Crippen LogP contribution in [0.15, 0.2) is 12.3 Å². The molecule has 3 heterocycles. The van der Waals surface area contributed by atoms with Crippen molar-refractivity contribution in [2.45, 2.75) is 13.0 Å². The molecule has 0 bridgehead atoms. The first kappa shape index (κ1) is 13.8. The van der Waals surface area contributed by atoms with Crippen LogP contribution in [0.25, 0.3) is 0 Å². The lowest BCUT2D eigenvalue weighted by Crippen LogP contribution is -2.23. The number of hydrogen-bond acceptors (Lipinski definition) is 6. The fourth-order valence-electron chi connectivity index (χ4n) is 2.29. The smallest absolute Gasteiger partial charge is 0.341 e. The fraction of sp³-hybridized carbons (Fsp3) is 0.308. The molecule has 0 aromatic carbocycles. The highest BCUT2D eigenvalue weighted by molar-refractivity contribution is 7.17. The Balaban J connectivity index is 1.95. The van der Waals surface area contributed by atoms with Crippen LogP contribution in [0, 0.1) is 0 Å². The topological polar surface area (TPSA) is 96.1 Å². The molecule has 7 nitrogen and oxygen atoms in total. The normalized spacial score (nSPS) is 13.6. The van der Waals surface area contributed by atoms with Crippen LogP contribution in [-0.4, -0.2) is 35.7 Å². The number of esters is 1. The summed E-state index contributed by atoms with van der Waals surface area (Å²) in [6.07, 6.45) is 2.25. The molecule has 0 saturated heterocycles. The summed E-state index contributed by atoms with van der Waals surface area (Å²) in [5.41, 5.74) is 1.77. The van der Waals surface area contributed by atoms with Crippen molar-refractivity contribution >= 4 is 28.2 Å². The quantitative estimate of drug-likeness (QED) is 0.739. The monoisotopic (exact) mass is 306 g/mol. The van der Waals surface area contributed by atoms with Gasteiger partial charge in [0, 0.05) is 17.6 Å². The minimum absolute atomic E-state index is 0.329. The average Bonchev–Trinajstić information content (AvgIpc) is 3.13. The van der Waals surface area contributed by atoms with Crippen LogP contribution in [0.3, 0.4) is 0 Å². The van der Waals surface area contributed by atoms with Crippen LogP contribution in [0.1, 0.15) is 31.3 Å². The molecule has 3 rings (SSSR count). The average molecular weight is 306 g/mol. The van der Waals surface area contributed by atoms with Gasteiger partial charge in [0.25, 0.3) is 5.91 Å². The maximum Gasteiger partial charge on any atom is 0.341 e. The summed E-state index contributed by atoms with van der Waals surface area (Å²) < 4.78 is 4.85. The zero-order valence-electron chi connectivity index (χ0n) is 11.4. The Morgan fingerprint density at radius 1 is 1.48 bits per heavy atom. The molecule has 1 aliphatic heterocycles. The second-order valence-corrected chi connectivity index (χ2v) is 5.66. The largest absolute Gasteiger partial charge is 0.465 e. The van der Waals surface area contributed by atoms with E-state index in [0.29, 0.717) is 22.8 Å². The summed E-state index contributed by atoms with van der Waals surface area (Å²) in [4.78, 5) is 25.2. The van der Waals surface area contributed by atoms with Crippen LogP contribution in [-0.2, 0) is 17.7 Å². The number of carbonyl (C=O) groups is 2. The van der Waals surface area contributed by atoms with Gasteiger partial charge < -0.3 is 15.4 Å². The number of aromatic amines is 1. The van der Waals surface area contributed by atoms with E-state index in [1.165, 1.54) is 24.6 Å². The van der Waals surface area contributed by atoms with Gasteiger partial charge in [-0.1, -0.05) is 0 Å². The van der Waals surface area contributed by atoms with Crippen LogP contribution >= 0.6 is 11.3 Å². The fourth-order valence-corrected chi connectivity index (χ4v) is 3.49. The van der Waals surface area contributed by atoms with E-state index >= 15 is 0 Å². The highest BCUT2D eigenvalue weighted by atomic mass is 32.1. The minimum atomic E-state index is -0.422. The Hall–Kier alpha value is -2.19. The summed E-state index contributed by atoms with van der Waals surface area (Å²) >= 11 is 1.40. The van der Waals surface area contributed by atoms with Crippen LogP contribution in [0.2, 0.25) is 0 Å². The van der Waals surface area contributed by atoms with Crippen molar-refractivity contribution in [3.05, 3.63) is 34.0 Å². The van der Waals surface area contributed by atoms with E-state index in [-0.39, 0.29) is 5.91 Å². The highest BCUT2D eigenvalue weighted by Gasteiger charge is 2.27. The number of thiophene rings is 1. The third kappa shape index (κ3) is 2.55. The summed E-state index contributed by atoms with van der Waals surface area (Å²) in [5, 5.41) is 12.9. The lowest BCUT2D eigenvalue weighted by molar-refractivity contribution is 0.0601. The summed E-state index contributed by atoms with van der Waals surface area (Å²) in [6.45, 7) is 1.51. The Morgan fingerprint density at radius 2 is 2.33 bits per heavy atom. The Kier molecular flexibility index (Phi) is 3.72. The maximum atomic E-state index is 12.1. The van der Waals surface area contributed by atoms with Gasteiger partial charge in [0.1, 0.15) is 10.7 Å². The minimum Gasteiger partial charge on any atom is -0.465 e. The molecule has 1 amide bonds. The number of methoxy groups -OCH3 is 1. The molecule has 0 radical (unpaired) electrons. The van der Waals surface area contributed by atoms with Crippen molar-refractivity contribution in [2.24, 2.45) is 0 Å². The molecule has 0 saturated carbocycles. The molecule has 2 aromatic rings. The second kappa shape index (κ2) is 5.66. The number of H-pyrrole nitrogens is 1. The molecule has 0 atom stereocenters. The molecule has 110 valence electrons. The van der Waals surface area contributed by atoms with Gasteiger partial charge in [0.15, 0.2) is 0 Å². The molecule has 0 fully saturated rings. The molecule has 1 aliphatic rings. The molecule has 3 N–H and O–H groups in total. The molecule has 0 aliphatic carbocycles. The number of nitrogens with zero attached hydrogens (tertiary/aromatic N) is 1. The first-order chi connectivity index (χ1) is 10.2. The van der Waals surface area contributed by atoms with Gasteiger partial charge >= 0.3 is 5.97 Å². The number of ether oxygens (including phenoxy) is 1. The van der Waals surface area contributed by atoms with E-state index < -0.39 is 5.97 Å². The molecule has 8 heteroatoms. The summed E-state index contributed by atoms with van der Waals surface area (Å²) in [7, 11) is 1.34. The Bertz CT molecular complexity index is 678. The molecular weight excluding hydrogens is 292 g/mol. The third-order valence-corrected chi connectivity index (χ3v) is 4.44. The number of amides is 1. The van der Waals surface area contributed by atoms with E-state index in [9.17, 15) is 9.59 Å². The zero-order chi connectivity index (χ0) is 14.8. The lowest BCUT2D eigenvalue weighted by Gasteiger charge is -2.13. The number of anilines is 1. The Labute approximate surface area is 124 Å². The van der Waals surface area contributed by atoms with E-state index in [1.807, 2.05) is 0 Å². The number of rotatable bonds is 3. The van der Waals surface area contributed by atoms with E-state index in [0.717, 1.165) is 23.4 Å². The van der Waals surface area contributed by atoms with Gasteiger partial charge in [-0.3, -0.25) is 9.89 Å². The van der Waals surface area contributed by atoms with Crippen molar-refractivity contribution in [1.82, 2.24) is 15.5 Å². The van der Waals surface area contributed by atoms with Gasteiger partial charge in [-0.15, -0.1) is 11.3 Å². The Morgan fingerprint density at radius 3 is 3.05 bits per heavy atom. The third-order valence-electron chi connectivity index (χ3n) is 3.29. The van der Waals surface area contributed by atoms with Crippen molar-refractivity contribution in [2.75, 3.05) is 19.0 Å². The van der Waals surface area contributed by atoms with Crippen LogP contribution < -0.4 is 10.6 Å². The van der Waals surface area contributed by atoms with E-state index in [1.54, 1.807) is 6.07 Å². The summed E-state index contributed by atoms with van der Waals surface area (Å²) in [5.74, 6) is -0.751. The van der Waals surface area contributed by atoms with Crippen LogP contribution in [0.4, 0.5) is 5.00 Å². The first-order valence-electron chi connectivity index (χ1n) is 6.45. The molecule has 2 aromatic heterocycles. The van der Waals surface area contributed by atoms with Gasteiger partial charge in [-0.25, -0.2) is 4.79 Å². The van der Waals surface area contributed by atoms with Crippen molar-refractivity contribution in [1.29, 1.82) is 0 Å². The standard InChI is InChI=1S/C13H14N4O3S/c1-20-13(19)10-7-2-4-14-6-9(7)21-12(10)16-11(18)8-3-5-15-17-8/h3,5,14H,2,4,6H2,1H3,(H,15,17)(H,16,18). The number of carbonyl (C=O) groups excluding carboxylic acids is 2. The van der Waals surface area contributed by atoms with Gasteiger partial charge in [0.05, 0.1) is 12.7 Å². The molecular formula is C13H14N4O3S. The van der Waals surface area contributed by atoms with Crippen molar-refractivity contribution in [3.8, 4) is 0 Å². The van der Waals surface area contributed by atoms with E-state index in [4.69, 9.17) is 4.74 Å². The zero-order valence-corrected chi connectivity index (χ0v) is 12.2. The lowest BCUT2D eigenvalue weighted by atomic mass is 10.0. The first-order valence-corrected chi connectivity index (χ1v) is 7.26. The molecule has 0 unspecified atom stereocenters. The van der Waals surface area contributed by atoms with Gasteiger partial charge in [-0.05, 0) is 24.6 Å².